The average molecular weight is 161 g/mol. The molecule has 0 aromatic heterocycles. The third-order valence-electron chi connectivity index (χ3n) is 1.68. The summed E-state index contributed by atoms with van der Waals surface area (Å²) in [6.07, 6.45) is 0.609. The van der Waals surface area contributed by atoms with Gasteiger partial charge in [0.1, 0.15) is 0 Å². The van der Waals surface area contributed by atoms with E-state index in [9.17, 15) is 0 Å². The van der Waals surface area contributed by atoms with Crippen molar-refractivity contribution in [3.63, 3.8) is 0 Å². The van der Waals surface area contributed by atoms with Crippen molar-refractivity contribution in [1.82, 2.24) is 0 Å². The summed E-state index contributed by atoms with van der Waals surface area (Å²) in [4.78, 5) is 0. The molecule has 11 heavy (non-hydrogen) atoms. The second-order valence-electron chi connectivity index (χ2n) is 2.94. The zero-order valence-corrected chi connectivity index (χ0v) is 7.42. The summed E-state index contributed by atoms with van der Waals surface area (Å²) in [6, 6.07) is 0. The van der Waals surface area contributed by atoms with Crippen LogP contribution in [-0.2, 0) is 4.74 Å². The molecule has 0 aliphatic heterocycles. The van der Waals surface area contributed by atoms with Crippen molar-refractivity contribution in [2.45, 2.75) is 26.4 Å². The molecule has 0 aromatic rings. The highest BCUT2D eigenvalue weighted by Gasteiger charge is 2.02. The van der Waals surface area contributed by atoms with Crippen LogP contribution in [0.15, 0.2) is 0 Å². The maximum absolute atomic E-state index is 8.99. The van der Waals surface area contributed by atoms with E-state index in [4.69, 9.17) is 15.6 Å². The van der Waals surface area contributed by atoms with Crippen molar-refractivity contribution >= 4 is 0 Å². The summed E-state index contributed by atoms with van der Waals surface area (Å²) in [5, 5.41) is 8.99. The number of aliphatic hydroxyl groups is 1. The molecule has 0 heterocycles. The number of rotatable bonds is 6. The highest BCUT2D eigenvalue weighted by Crippen LogP contribution is 2.00. The van der Waals surface area contributed by atoms with E-state index >= 15 is 0 Å². The smallest absolute Gasteiger partial charge is 0.0895 e. The van der Waals surface area contributed by atoms with Gasteiger partial charge < -0.3 is 15.6 Å². The summed E-state index contributed by atoms with van der Waals surface area (Å²) in [7, 11) is 0. The van der Waals surface area contributed by atoms with E-state index in [1.165, 1.54) is 0 Å². The molecule has 0 saturated carbocycles. The molecular weight excluding hydrogens is 142 g/mol. The molecule has 0 bridgehead atoms. The normalized spacial score (nSPS) is 16.4. The van der Waals surface area contributed by atoms with Crippen molar-refractivity contribution < 1.29 is 9.84 Å². The fourth-order valence-electron chi connectivity index (χ4n) is 0.591. The van der Waals surface area contributed by atoms with E-state index < -0.39 is 6.10 Å². The second kappa shape index (κ2) is 6.58. The molecule has 0 aliphatic carbocycles. The van der Waals surface area contributed by atoms with Gasteiger partial charge in [-0.2, -0.15) is 0 Å². The van der Waals surface area contributed by atoms with Gasteiger partial charge in [0, 0.05) is 13.2 Å². The summed E-state index contributed by atoms with van der Waals surface area (Å²) in [6.45, 7) is 5.59. The zero-order chi connectivity index (χ0) is 8.69. The van der Waals surface area contributed by atoms with Crippen molar-refractivity contribution in [3.8, 4) is 0 Å². The van der Waals surface area contributed by atoms with Crippen molar-refractivity contribution in [2.24, 2.45) is 11.7 Å². The average Bonchev–Trinajstić information content (AvgIpc) is 2.04. The van der Waals surface area contributed by atoms with Crippen molar-refractivity contribution in [2.75, 3.05) is 19.8 Å². The lowest BCUT2D eigenvalue weighted by atomic mass is 10.1. The minimum Gasteiger partial charge on any atom is -0.389 e. The first-order valence-corrected chi connectivity index (χ1v) is 4.16. The molecule has 0 aromatic carbocycles. The Morgan fingerprint density at radius 3 is 2.55 bits per heavy atom. The largest absolute Gasteiger partial charge is 0.389 e. The lowest BCUT2D eigenvalue weighted by Gasteiger charge is -2.11. The maximum atomic E-state index is 8.99. The van der Waals surface area contributed by atoms with E-state index in [1.807, 2.05) is 0 Å². The van der Waals surface area contributed by atoms with E-state index in [2.05, 4.69) is 13.8 Å². The number of aliphatic hydroxyl groups excluding tert-OH is 1. The van der Waals surface area contributed by atoms with Crippen LogP contribution in [0.1, 0.15) is 20.3 Å². The fourth-order valence-corrected chi connectivity index (χ4v) is 0.591. The summed E-state index contributed by atoms with van der Waals surface area (Å²) in [5.41, 5.74) is 5.19. The van der Waals surface area contributed by atoms with Gasteiger partial charge in [-0.1, -0.05) is 20.3 Å². The van der Waals surface area contributed by atoms with Gasteiger partial charge in [-0.3, -0.25) is 0 Å². The Morgan fingerprint density at radius 1 is 1.45 bits per heavy atom. The predicted octanol–water partition coefficient (Wildman–Crippen LogP) is 0.369. The van der Waals surface area contributed by atoms with E-state index in [0.29, 0.717) is 19.1 Å². The monoisotopic (exact) mass is 161 g/mol. The summed E-state index contributed by atoms with van der Waals surface area (Å²) >= 11 is 0. The molecule has 0 spiro atoms. The Bertz CT molecular complexity index is 78.2. The van der Waals surface area contributed by atoms with E-state index in [-0.39, 0.29) is 6.54 Å². The van der Waals surface area contributed by atoms with Gasteiger partial charge in [-0.25, -0.2) is 0 Å². The molecule has 2 atom stereocenters. The highest BCUT2D eigenvalue weighted by atomic mass is 16.5. The van der Waals surface area contributed by atoms with Crippen LogP contribution in [0.5, 0.6) is 0 Å². The van der Waals surface area contributed by atoms with Crippen LogP contribution in [0, 0.1) is 5.92 Å². The van der Waals surface area contributed by atoms with E-state index in [1.54, 1.807) is 0 Å². The number of hydrogen-bond acceptors (Lipinski definition) is 3. The quantitative estimate of drug-likeness (QED) is 0.591. The number of nitrogens with two attached hydrogens (primary N) is 1. The SMILES string of the molecule is CCC(C)COCC(O)CN. The van der Waals surface area contributed by atoms with Crippen LogP contribution in [-0.4, -0.2) is 31.0 Å². The molecule has 3 nitrogen and oxygen atoms in total. The lowest BCUT2D eigenvalue weighted by Crippen LogP contribution is -2.26. The number of hydrogen-bond donors (Lipinski definition) is 2. The third kappa shape index (κ3) is 6.28. The Balaban J connectivity index is 3.13. The Labute approximate surface area is 68.5 Å². The summed E-state index contributed by atoms with van der Waals surface area (Å²) in [5.74, 6) is 0.569. The van der Waals surface area contributed by atoms with Crippen molar-refractivity contribution in [1.29, 1.82) is 0 Å². The molecule has 0 fully saturated rings. The Kier molecular flexibility index (Phi) is 6.51. The van der Waals surface area contributed by atoms with Crippen LogP contribution in [0.4, 0.5) is 0 Å². The van der Waals surface area contributed by atoms with Gasteiger partial charge >= 0.3 is 0 Å². The van der Waals surface area contributed by atoms with Crippen LogP contribution >= 0.6 is 0 Å². The standard InChI is InChI=1S/C8H19NO2/c1-3-7(2)5-11-6-8(10)4-9/h7-8,10H,3-6,9H2,1-2H3. The third-order valence-corrected chi connectivity index (χ3v) is 1.68. The van der Waals surface area contributed by atoms with Gasteiger partial charge in [0.15, 0.2) is 0 Å². The van der Waals surface area contributed by atoms with Crippen molar-refractivity contribution in [3.05, 3.63) is 0 Å². The Hall–Kier alpha value is -0.120. The molecule has 0 amide bonds. The molecule has 3 heteroatoms. The minimum absolute atomic E-state index is 0.278. The van der Waals surface area contributed by atoms with Crippen LogP contribution in [0.25, 0.3) is 0 Å². The molecule has 2 unspecified atom stereocenters. The highest BCUT2D eigenvalue weighted by molar-refractivity contribution is 4.53. The van der Waals surface area contributed by atoms with Gasteiger partial charge in [0.05, 0.1) is 12.7 Å². The molecule has 0 aliphatic rings. The minimum atomic E-state index is -0.501. The van der Waals surface area contributed by atoms with Crippen LogP contribution < -0.4 is 5.73 Å². The van der Waals surface area contributed by atoms with Crippen LogP contribution in [0.3, 0.4) is 0 Å². The topological polar surface area (TPSA) is 55.5 Å². The summed E-state index contributed by atoms with van der Waals surface area (Å²) < 4.78 is 5.21. The molecule has 0 radical (unpaired) electrons. The maximum Gasteiger partial charge on any atom is 0.0895 e. The van der Waals surface area contributed by atoms with Gasteiger partial charge in [-0.05, 0) is 5.92 Å². The first-order chi connectivity index (χ1) is 5.20. The van der Waals surface area contributed by atoms with Gasteiger partial charge in [0.25, 0.3) is 0 Å². The van der Waals surface area contributed by atoms with Gasteiger partial charge in [0.2, 0.25) is 0 Å². The molecular formula is C8H19NO2. The zero-order valence-electron chi connectivity index (χ0n) is 7.42. The first-order valence-electron chi connectivity index (χ1n) is 4.16. The molecule has 68 valence electrons. The Morgan fingerprint density at radius 2 is 2.09 bits per heavy atom. The molecule has 3 N–H and O–H groups in total. The molecule has 0 rings (SSSR count). The lowest BCUT2D eigenvalue weighted by molar-refractivity contribution is 0.0271. The van der Waals surface area contributed by atoms with Gasteiger partial charge in [-0.15, -0.1) is 0 Å². The second-order valence-corrected chi connectivity index (χ2v) is 2.94. The van der Waals surface area contributed by atoms with Crippen LogP contribution in [0.2, 0.25) is 0 Å². The molecule has 0 saturated heterocycles. The predicted molar refractivity (Wildman–Crippen MR) is 45.3 cm³/mol. The number of ether oxygens (including phenoxy) is 1. The van der Waals surface area contributed by atoms with E-state index in [0.717, 1.165) is 6.42 Å². The fraction of sp³-hybridized carbons (Fsp3) is 1.00. The first kappa shape index (κ1) is 10.9.